The molecule has 0 spiro atoms. The molecule has 0 aliphatic carbocycles. The molecule has 1 aromatic rings. The van der Waals surface area contributed by atoms with E-state index >= 15 is 0 Å². The molecule has 2 fully saturated rings. The second-order valence-electron chi connectivity index (χ2n) is 6.76. The van der Waals surface area contributed by atoms with Crippen molar-refractivity contribution in [3.63, 3.8) is 0 Å². The Kier molecular flexibility index (Phi) is 6.02. The molecule has 3 rings (SSSR count). The van der Waals surface area contributed by atoms with Gasteiger partial charge in [0.25, 0.3) is 0 Å². The van der Waals surface area contributed by atoms with Crippen molar-refractivity contribution in [1.82, 2.24) is 10.2 Å². The predicted octanol–water partition coefficient (Wildman–Crippen LogP) is 2.04. The van der Waals surface area contributed by atoms with Crippen LogP contribution in [0.3, 0.4) is 0 Å². The Balaban J connectivity index is 1.40. The Morgan fingerprint density at radius 1 is 1.20 bits per heavy atom. The van der Waals surface area contributed by atoms with Crippen LogP contribution in [0.2, 0.25) is 0 Å². The maximum atomic E-state index is 13.6. The van der Waals surface area contributed by atoms with Crippen LogP contribution in [-0.4, -0.2) is 48.6 Å². The number of ether oxygens (including phenoxy) is 1. The molecule has 0 saturated carbocycles. The smallest absolute Gasteiger partial charge is 0.249 e. The highest BCUT2D eigenvalue weighted by molar-refractivity contribution is 5.81. The zero-order valence-corrected chi connectivity index (χ0v) is 14.4. The summed E-state index contributed by atoms with van der Waals surface area (Å²) in [4.78, 5) is 26.2. The molecule has 2 saturated heterocycles. The number of likely N-dealkylation sites (tertiary alicyclic amines) is 1. The van der Waals surface area contributed by atoms with E-state index in [9.17, 15) is 14.0 Å². The monoisotopic (exact) mass is 348 g/mol. The minimum atomic E-state index is -0.305. The number of hydrogen-bond donors (Lipinski definition) is 1. The third-order valence-electron chi connectivity index (χ3n) is 4.98. The summed E-state index contributed by atoms with van der Waals surface area (Å²) in [6.07, 6.45) is 3.66. The predicted molar refractivity (Wildman–Crippen MR) is 91.4 cm³/mol. The van der Waals surface area contributed by atoms with Crippen molar-refractivity contribution in [2.24, 2.45) is 0 Å². The first kappa shape index (κ1) is 17.9. The van der Waals surface area contributed by atoms with Gasteiger partial charge in [-0.1, -0.05) is 18.2 Å². The van der Waals surface area contributed by atoms with Gasteiger partial charge in [0.2, 0.25) is 11.8 Å². The number of benzene rings is 1. The van der Waals surface area contributed by atoms with E-state index < -0.39 is 0 Å². The molecule has 0 aromatic heterocycles. The van der Waals surface area contributed by atoms with Crippen LogP contribution in [0.15, 0.2) is 24.3 Å². The molecular weight excluding hydrogens is 323 g/mol. The normalized spacial score (nSPS) is 21.3. The van der Waals surface area contributed by atoms with Crippen LogP contribution in [0.4, 0.5) is 4.39 Å². The Hall–Kier alpha value is -1.95. The van der Waals surface area contributed by atoms with Crippen molar-refractivity contribution in [3.8, 4) is 0 Å². The quantitative estimate of drug-likeness (QED) is 0.886. The molecule has 1 aromatic carbocycles. The van der Waals surface area contributed by atoms with Gasteiger partial charge in [-0.3, -0.25) is 9.59 Å². The van der Waals surface area contributed by atoms with Crippen molar-refractivity contribution in [2.75, 3.05) is 19.7 Å². The third-order valence-corrected chi connectivity index (χ3v) is 4.98. The average Bonchev–Trinajstić information content (AvgIpc) is 3.16. The van der Waals surface area contributed by atoms with Crippen LogP contribution >= 0.6 is 0 Å². The van der Waals surface area contributed by atoms with E-state index in [1.54, 1.807) is 18.2 Å². The SMILES string of the molecule is O=C(NC1CCN(C(=O)CCc2ccccc2F)CC1)C1CCCO1. The standard InChI is InChI=1S/C19H25FN2O3/c20-16-5-2-1-4-14(16)7-8-18(23)22-11-9-15(10-12-22)21-19(24)17-6-3-13-25-17/h1-2,4-5,15,17H,3,6-13H2,(H,21,24). The minimum absolute atomic E-state index is 0.0261. The molecule has 1 atom stereocenters. The summed E-state index contributed by atoms with van der Waals surface area (Å²) >= 11 is 0. The number of carbonyl (C=O) groups excluding carboxylic acids is 2. The number of nitrogens with zero attached hydrogens (tertiary/aromatic N) is 1. The summed E-state index contributed by atoms with van der Waals surface area (Å²) in [5, 5.41) is 3.03. The lowest BCUT2D eigenvalue weighted by atomic mass is 10.0. The maximum absolute atomic E-state index is 13.6. The van der Waals surface area contributed by atoms with Crippen molar-refractivity contribution in [2.45, 2.75) is 50.7 Å². The van der Waals surface area contributed by atoms with Crippen molar-refractivity contribution in [3.05, 3.63) is 35.6 Å². The van der Waals surface area contributed by atoms with Crippen LogP contribution in [0.25, 0.3) is 0 Å². The summed E-state index contributed by atoms with van der Waals surface area (Å²) in [6, 6.07) is 6.67. The molecule has 6 heteroatoms. The average molecular weight is 348 g/mol. The second-order valence-corrected chi connectivity index (χ2v) is 6.76. The van der Waals surface area contributed by atoms with E-state index in [4.69, 9.17) is 4.74 Å². The lowest BCUT2D eigenvalue weighted by Gasteiger charge is -2.33. The van der Waals surface area contributed by atoms with Crippen LogP contribution in [0.5, 0.6) is 0 Å². The summed E-state index contributed by atoms with van der Waals surface area (Å²) in [5.74, 6) is -0.236. The van der Waals surface area contributed by atoms with Gasteiger partial charge in [0.05, 0.1) is 0 Å². The Morgan fingerprint density at radius 3 is 2.64 bits per heavy atom. The number of rotatable bonds is 5. The first-order chi connectivity index (χ1) is 12.1. The van der Waals surface area contributed by atoms with E-state index in [2.05, 4.69) is 5.32 Å². The molecule has 2 aliphatic rings. The summed E-state index contributed by atoms with van der Waals surface area (Å²) in [7, 11) is 0. The van der Waals surface area contributed by atoms with E-state index in [0.29, 0.717) is 38.1 Å². The summed E-state index contributed by atoms with van der Waals surface area (Å²) in [6.45, 7) is 1.92. The Bertz CT molecular complexity index is 608. The highest BCUT2D eigenvalue weighted by Crippen LogP contribution is 2.16. The Labute approximate surface area is 147 Å². The highest BCUT2D eigenvalue weighted by Gasteiger charge is 2.28. The summed E-state index contributed by atoms with van der Waals surface area (Å²) in [5.41, 5.74) is 0.578. The van der Waals surface area contributed by atoms with E-state index in [1.807, 2.05) is 4.90 Å². The molecule has 25 heavy (non-hydrogen) atoms. The number of hydrogen-bond acceptors (Lipinski definition) is 3. The van der Waals surface area contributed by atoms with Crippen molar-refractivity contribution < 1.29 is 18.7 Å². The second kappa shape index (κ2) is 8.43. The Morgan fingerprint density at radius 2 is 1.96 bits per heavy atom. The number of carbonyl (C=O) groups is 2. The fraction of sp³-hybridized carbons (Fsp3) is 0.579. The van der Waals surface area contributed by atoms with Gasteiger partial charge in [-0.15, -0.1) is 0 Å². The first-order valence-corrected chi connectivity index (χ1v) is 9.06. The molecule has 1 unspecified atom stereocenters. The number of halogens is 1. The third kappa shape index (κ3) is 4.78. The lowest BCUT2D eigenvalue weighted by Crippen LogP contribution is -2.48. The maximum Gasteiger partial charge on any atom is 0.249 e. The number of nitrogens with one attached hydrogen (secondary N) is 1. The topological polar surface area (TPSA) is 58.6 Å². The minimum Gasteiger partial charge on any atom is -0.368 e. The van der Waals surface area contributed by atoms with Gasteiger partial charge in [-0.05, 0) is 43.7 Å². The van der Waals surface area contributed by atoms with Gasteiger partial charge in [0.1, 0.15) is 11.9 Å². The van der Waals surface area contributed by atoms with Crippen LogP contribution in [-0.2, 0) is 20.7 Å². The van der Waals surface area contributed by atoms with Crippen molar-refractivity contribution in [1.29, 1.82) is 0 Å². The fourth-order valence-corrected chi connectivity index (χ4v) is 3.45. The summed E-state index contributed by atoms with van der Waals surface area (Å²) < 4.78 is 19.0. The molecule has 2 heterocycles. The molecular formula is C19H25FN2O3. The first-order valence-electron chi connectivity index (χ1n) is 9.06. The van der Waals surface area contributed by atoms with Crippen molar-refractivity contribution >= 4 is 11.8 Å². The van der Waals surface area contributed by atoms with Gasteiger partial charge >= 0.3 is 0 Å². The number of amides is 2. The van der Waals surface area contributed by atoms with E-state index in [-0.39, 0.29) is 29.8 Å². The molecule has 0 radical (unpaired) electrons. The van der Waals surface area contributed by atoms with Gasteiger partial charge in [0, 0.05) is 32.2 Å². The van der Waals surface area contributed by atoms with Gasteiger partial charge in [0.15, 0.2) is 0 Å². The van der Waals surface area contributed by atoms with Crippen LogP contribution in [0.1, 0.15) is 37.7 Å². The molecule has 5 nitrogen and oxygen atoms in total. The molecule has 136 valence electrons. The lowest BCUT2D eigenvalue weighted by molar-refractivity contribution is -0.133. The van der Waals surface area contributed by atoms with Gasteiger partial charge in [-0.25, -0.2) is 4.39 Å². The zero-order chi connectivity index (χ0) is 17.6. The molecule has 0 bridgehead atoms. The largest absolute Gasteiger partial charge is 0.368 e. The van der Waals surface area contributed by atoms with Gasteiger partial charge in [-0.2, -0.15) is 0 Å². The number of piperidine rings is 1. The molecule has 2 amide bonds. The molecule has 1 N–H and O–H groups in total. The number of aryl methyl sites for hydroxylation is 1. The van der Waals surface area contributed by atoms with Gasteiger partial charge < -0.3 is 15.0 Å². The van der Waals surface area contributed by atoms with E-state index in [0.717, 1.165) is 25.7 Å². The fourth-order valence-electron chi connectivity index (χ4n) is 3.45. The van der Waals surface area contributed by atoms with E-state index in [1.165, 1.54) is 6.07 Å². The van der Waals surface area contributed by atoms with Crippen LogP contribution < -0.4 is 5.32 Å². The highest BCUT2D eigenvalue weighted by atomic mass is 19.1. The van der Waals surface area contributed by atoms with Crippen LogP contribution in [0, 0.1) is 5.82 Å². The molecule has 2 aliphatic heterocycles. The zero-order valence-electron chi connectivity index (χ0n) is 14.4.